The van der Waals surface area contributed by atoms with Crippen LogP contribution in [0.3, 0.4) is 0 Å². The molecule has 0 N–H and O–H groups in total. The molecule has 0 amide bonds. The maximum Gasteiger partial charge on any atom is 0.0261 e. The molecule has 1 aliphatic rings. The highest BCUT2D eigenvalue weighted by atomic mass is 15.2. The molecule has 0 saturated carbocycles. The molecule has 10 heavy (non-hydrogen) atoms. The lowest BCUT2D eigenvalue weighted by atomic mass is 10.3. The molecule has 1 rings (SSSR count). The van der Waals surface area contributed by atoms with E-state index in [9.17, 15) is 0 Å². The van der Waals surface area contributed by atoms with Crippen molar-refractivity contribution in [3.05, 3.63) is 12.7 Å². The van der Waals surface area contributed by atoms with Gasteiger partial charge in [-0.05, 0) is 6.42 Å². The van der Waals surface area contributed by atoms with Gasteiger partial charge in [0.2, 0.25) is 0 Å². The van der Waals surface area contributed by atoms with E-state index in [1.807, 2.05) is 6.08 Å². The summed E-state index contributed by atoms with van der Waals surface area (Å²) in [6, 6.07) is 0. The standard InChI is InChI=1S/C8H15N2/c1-2-3-6-10-7-4-9-5-8-10/h2H,1,3-8H2. The van der Waals surface area contributed by atoms with Crippen LogP contribution in [0, 0.1) is 0 Å². The van der Waals surface area contributed by atoms with Crippen molar-refractivity contribution in [1.29, 1.82) is 0 Å². The van der Waals surface area contributed by atoms with Gasteiger partial charge in [0.25, 0.3) is 0 Å². The molecule has 0 unspecified atom stereocenters. The van der Waals surface area contributed by atoms with Crippen molar-refractivity contribution >= 4 is 0 Å². The number of piperazine rings is 1. The van der Waals surface area contributed by atoms with E-state index < -0.39 is 0 Å². The van der Waals surface area contributed by atoms with Crippen molar-refractivity contribution in [2.75, 3.05) is 32.7 Å². The van der Waals surface area contributed by atoms with Gasteiger partial charge in [0, 0.05) is 32.7 Å². The van der Waals surface area contributed by atoms with E-state index in [-0.39, 0.29) is 0 Å². The Hall–Kier alpha value is -0.340. The molecule has 1 aliphatic heterocycles. The molecule has 0 aromatic carbocycles. The average Bonchev–Trinajstić information content (AvgIpc) is 2.03. The fourth-order valence-electron chi connectivity index (χ4n) is 1.15. The van der Waals surface area contributed by atoms with Crippen LogP contribution in [0.25, 0.3) is 0 Å². The summed E-state index contributed by atoms with van der Waals surface area (Å²) in [5.74, 6) is 0. The first kappa shape index (κ1) is 7.76. The van der Waals surface area contributed by atoms with E-state index in [0.717, 1.165) is 32.6 Å². The first-order chi connectivity index (χ1) is 4.93. The highest BCUT2D eigenvalue weighted by molar-refractivity contribution is 4.72. The first-order valence-electron chi connectivity index (χ1n) is 3.90. The van der Waals surface area contributed by atoms with Gasteiger partial charge in [-0.25, -0.2) is 5.32 Å². The van der Waals surface area contributed by atoms with Crippen molar-refractivity contribution in [3.63, 3.8) is 0 Å². The summed E-state index contributed by atoms with van der Waals surface area (Å²) < 4.78 is 0. The molecule has 1 fully saturated rings. The van der Waals surface area contributed by atoms with Crippen LogP contribution < -0.4 is 5.32 Å². The zero-order valence-corrected chi connectivity index (χ0v) is 6.42. The van der Waals surface area contributed by atoms with Crippen LogP contribution in [-0.2, 0) is 0 Å². The Morgan fingerprint density at radius 1 is 1.40 bits per heavy atom. The smallest absolute Gasteiger partial charge is 0.0261 e. The molecule has 0 bridgehead atoms. The van der Waals surface area contributed by atoms with Crippen molar-refractivity contribution in [2.45, 2.75) is 6.42 Å². The molecule has 57 valence electrons. The first-order valence-corrected chi connectivity index (χ1v) is 3.90. The monoisotopic (exact) mass is 139 g/mol. The molecule has 0 aliphatic carbocycles. The highest BCUT2D eigenvalue weighted by Crippen LogP contribution is 1.94. The van der Waals surface area contributed by atoms with Gasteiger partial charge in [-0.1, -0.05) is 6.08 Å². The van der Waals surface area contributed by atoms with Crippen LogP contribution in [0.5, 0.6) is 0 Å². The Morgan fingerprint density at radius 2 is 2.10 bits per heavy atom. The third kappa shape index (κ3) is 2.50. The Kier molecular flexibility index (Phi) is 3.47. The van der Waals surface area contributed by atoms with Crippen LogP contribution in [0.15, 0.2) is 12.7 Å². The van der Waals surface area contributed by atoms with Crippen molar-refractivity contribution < 1.29 is 0 Å². The maximum absolute atomic E-state index is 4.27. The van der Waals surface area contributed by atoms with Crippen molar-refractivity contribution in [2.24, 2.45) is 0 Å². The molecule has 0 aromatic heterocycles. The van der Waals surface area contributed by atoms with Gasteiger partial charge in [0.15, 0.2) is 0 Å². The third-order valence-corrected chi connectivity index (χ3v) is 1.80. The predicted molar refractivity (Wildman–Crippen MR) is 43.1 cm³/mol. The Bertz CT molecular complexity index is 95.4. The van der Waals surface area contributed by atoms with Gasteiger partial charge in [-0.15, -0.1) is 6.58 Å². The fraction of sp³-hybridized carbons (Fsp3) is 0.750. The lowest BCUT2D eigenvalue weighted by Crippen LogP contribution is -2.40. The second-order valence-electron chi connectivity index (χ2n) is 2.59. The molecule has 2 heteroatoms. The molecule has 1 radical (unpaired) electrons. The predicted octanol–water partition coefficient (Wildman–Crippen LogP) is 0.482. The molecule has 1 saturated heterocycles. The van der Waals surface area contributed by atoms with Crippen LogP contribution in [0.4, 0.5) is 0 Å². The molecular weight excluding hydrogens is 124 g/mol. The topological polar surface area (TPSA) is 17.3 Å². The largest absolute Gasteiger partial charge is 0.300 e. The lowest BCUT2D eigenvalue weighted by Gasteiger charge is -2.25. The van der Waals surface area contributed by atoms with Gasteiger partial charge in [-0.3, -0.25) is 0 Å². The summed E-state index contributed by atoms with van der Waals surface area (Å²) in [5.41, 5.74) is 0. The summed E-state index contributed by atoms with van der Waals surface area (Å²) in [6.07, 6.45) is 3.09. The minimum absolute atomic E-state index is 1.02. The Labute approximate surface area is 62.9 Å². The van der Waals surface area contributed by atoms with Crippen molar-refractivity contribution in [1.82, 2.24) is 10.2 Å². The zero-order valence-electron chi connectivity index (χ0n) is 6.42. The quantitative estimate of drug-likeness (QED) is 0.520. The van der Waals surface area contributed by atoms with Gasteiger partial charge in [-0.2, -0.15) is 0 Å². The molecule has 2 nitrogen and oxygen atoms in total. The molecule has 0 atom stereocenters. The summed E-state index contributed by atoms with van der Waals surface area (Å²) in [6.45, 7) is 9.20. The average molecular weight is 139 g/mol. The van der Waals surface area contributed by atoms with E-state index >= 15 is 0 Å². The molecule has 0 aromatic rings. The second kappa shape index (κ2) is 4.47. The Morgan fingerprint density at radius 3 is 2.70 bits per heavy atom. The number of hydrogen-bond donors (Lipinski definition) is 0. The van der Waals surface area contributed by atoms with Gasteiger partial charge in [0.1, 0.15) is 0 Å². The summed E-state index contributed by atoms with van der Waals surface area (Å²) in [7, 11) is 0. The van der Waals surface area contributed by atoms with Gasteiger partial charge >= 0.3 is 0 Å². The lowest BCUT2D eigenvalue weighted by molar-refractivity contribution is 0.243. The van der Waals surface area contributed by atoms with E-state index in [1.165, 1.54) is 6.54 Å². The SMILES string of the molecule is C=CCCN1CC[N]CC1. The van der Waals surface area contributed by atoms with Crippen LogP contribution in [0.2, 0.25) is 0 Å². The summed E-state index contributed by atoms with van der Waals surface area (Å²) >= 11 is 0. The van der Waals surface area contributed by atoms with Crippen molar-refractivity contribution in [3.8, 4) is 0 Å². The van der Waals surface area contributed by atoms with Crippen LogP contribution >= 0.6 is 0 Å². The Balaban J connectivity index is 2.07. The van der Waals surface area contributed by atoms with E-state index in [0.29, 0.717) is 0 Å². The number of hydrogen-bond acceptors (Lipinski definition) is 1. The van der Waals surface area contributed by atoms with Crippen LogP contribution in [0.1, 0.15) is 6.42 Å². The molecule has 1 heterocycles. The normalized spacial score (nSPS) is 20.8. The fourth-order valence-corrected chi connectivity index (χ4v) is 1.15. The van der Waals surface area contributed by atoms with E-state index in [4.69, 9.17) is 0 Å². The van der Waals surface area contributed by atoms with Gasteiger partial charge < -0.3 is 4.90 Å². The van der Waals surface area contributed by atoms with E-state index in [1.54, 1.807) is 0 Å². The zero-order chi connectivity index (χ0) is 7.23. The minimum atomic E-state index is 1.02. The maximum atomic E-state index is 4.27. The minimum Gasteiger partial charge on any atom is -0.300 e. The van der Waals surface area contributed by atoms with Crippen LogP contribution in [-0.4, -0.2) is 37.6 Å². The second-order valence-corrected chi connectivity index (χ2v) is 2.59. The number of nitrogens with zero attached hydrogens (tertiary/aromatic N) is 2. The van der Waals surface area contributed by atoms with E-state index in [2.05, 4.69) is 16.8 Å². The number of rotatable bonds is 3. The van der Waals surface area contributed by atoms with Gasteiger partial charge in [0.05, 0.1) is 0 Å². The molecular formula is C8H15N2. The molecule has 0 spiro atoms. The third-order valence-electron chi connectivity index (χ3n) is 1.80. The summed E-state index contributed by atoms with van der Waals surface area (Å²) in [4.78, 5) is 2.44. The summed E-state index contributed by atoms with van der Waals surface area (Å²) in [5, 5.41) is 4.27. The highest BCUT2D eigenvalue weighted by Gasteiger charge is 2.07.